The molecule has 6 nitrogen and oxygen atoms in total. The topological polar surface area (TPSA) is 73.7 Å². The van der Waals surface area contributed by atoms with Gasteiger partial charge in [0.05, 0.1) is 12.1 Å². The van der Waals surface area contributed by atoms with Gasteiger partial charge in [-0.25, -0.2) is 13.6 Å². The first kappa shape index (κ1) is 17.3. The molecule has 0 radical (unpaired) electrons. The van der Waals surface area contributed by atoms with E-state index in [0.717, 1.165) is 6.20 Å². The number of piperazine rings is 1. The normalized spacial score (nSPS) is 19.1. The average Bonchev–Trinajstić information content (AvgIpc) is 2.54. The number of hydrogen-bond donors (Lipinski definition) is 1. The van der Waals surface area contributed by atoms with E-state index in [4.69, 9.17) is 5.11 Å². The second-order valence-corrected chi connectivity index (χ2v) is 5.44. The van der Waals surface area contributed by atoms with E-state index in [-0.39, 0.29) is 29.8 Å². The second kappa shape index (κ2) is 7.45. The number of aromatic nitrogens is 1. The fourth-order valence-electron chi connectivity index (χ4n) is 2.69. The molecule has 23 heavy (non-hydrogen) atoms. The molecule has 1 N–H and O–H groups in total. The SMILES string of the molecule is CCC1CN(C(=O)c2ccc(C(=O)O)cn2)CCN1CC(F)F. The van der Waals surface area contributed by atoms with Gasteiger partial charge in [-0.3, -0.25) is 14.7 Å². The summed E-state index contributed by atoms with van der Waals surface area (Å²) in [5.74, 6) is -1.42. The monoisotopic (exact) mass is 327 g/mol. The third-order valence-corrected chi connectivity index (χ3v) is 3.97. The van der Waals surface area contributed by atoms with E-state index in [1.165, 1.54) is 12.1 Å². The van der Waals surface area contributed by atoms with Gasteiger partial charge < -0.3 is 10.0 Å². The van der Waals surface area contributed by atoms with Crippen LogP contribution in [0.4, 0.5) is 8.78 Å². The Morgan fingerprint density at radius 3 is 2.65 bits per heavy atom. The Morgan fingerprint density at radius 1 is 1.39 bits per heavy atom. The highest BCUT2D eigenvalue weighted by atomic mass is 19.3. The summed E-state index contributed by atoms with van der Waals surface area (Å²) < 4.78 is 25.1. The molecule has 2 rings (SSSR count). The summed E-state index contributed by atoms with van der Waals surface area (Å²) in [4.78, 5) is 30.4. The fraction of sp³-hybridized carbons (Fsp3) is 0.533. The van der Waals surface area contributed by atoms with Crippen LogP contribution in [0.5, 0.6) is 0 Å². The number of rotatable bonds is 5. The lowest BCUT2D eigenvalue weighted by Crippen LogP contribution is -2.55. The van der Waals surface area contributed by atoms with Gasteiger partial charge >= 0.3 is 5.97 Å². The molecule has 8 heteroatoms. The van der Waals surface area contributed by atoms with Crippen LogP contribution in [-0.4, -0.2) is 70.4 Å². The van der Waals surface area contributed by atoms with Crippen LogP contribution >= 0.6 is 0 Å². The van der Waals surface area contributed by atoms with Crippen molar-refractivity contribution < 1.29 is 23.5 Å². The molecule has 126 valence electrons. The molecule has 1 aliphatic rings. The lowest BCUT2D eigenvalue weighted by atomic mass is 10.1. The number of carbonyl (C=O) groups excluding carboxylic acids is 1. The maximum Gasteiger partial charge on any atom is 0.337 e. The van der Waals surface area contributed by atoms with Gasteiger partial charge in [0.25, 0.3) is 12.3 Å². The van der Waals surface area contributed by atoms with Crippen molar-refractivity contribution in [3.05, 3.63) is 29.6 Å². The Labute approximate surface area is 132 Å². The molecule has 1 fully saturated rings. The molecule has 1 aromatic rings. The van der Waals surface area contributed by atoms with E-state index in [1.54, 1.807) is 9.80 Å². The third-order valence-electron chi connectivity index (χ3n) is 3.97. The van der Waals surface area contributed by atoms with E-state index >= 15 is 0 Å². The zero-order chi connectivity index (χ0) is 17.0. The molecule has 0 aromatic carbocycles. The van der Waals surface area contributed by atoms with Crippen molar-refractivity contribution in [2.45, 2.75) is 25.8 Å². The molecule has 0 aliphatic carbocycles. The number of carbonyl (C=O) groups is 2. The smallest absolute Gasteiger partial charge is 0.337 e. The molecule has 0 bridgehead atoms. The van der Waals surface area contributed by atoms with Crippen molar-refractivity contribution >= 4 is 11.9 Å². The Hall–Kier alpha value is -2.09. The van der Waals surface area contributed by atoms with Gasteiger partial charge in [0.2, 0.25) is 0 Å². The van der Waals surface area contributed by atoms with Crippen LogP contribution in [0.25, 0.3) is 0 Å². The molecule has 2 heterocycles. The van der Waals surface area contributed by atoms with Crippen LogP contribution < -0.4 is 0 Å². The van der Waals surface area contributed by atoms with Crippen molar-refractivity contribution in [2.24, 2.45) is 0 Å². The lowest BCUT2D eigenvalue weighted by molar-refractivity contribution is 0.0184. The van der Waals surface area contributed by atoms with Crippen LogP contribution in [0, 0.1) is 0 Å². The summed E-state index contributed by atoms with van der Waals surface area (Å²) in [5, 5.41) is 8.83. The van der Waals surface area contributed by atoms with Crippen LogP contribution in [0.2, 0.25) is 0 Å². The minimum absolute atomic E-state index is 0.00902. The van der Waals surface area contributed by atoms with Crippen LogP contribution in [0.15, 0.2) is 18.3 Å². The quantitative estimate of drug-likeness (QED) is 0.889. The zero-order valence-electron chi connectivity index (χ0n) is 12.8. The van der Waals surface area contributed by atoms with Crippen LogP contribution in [-0.2, 0) is 0 Å². The largest absolute Gasteiger partial charge is 0.478 e. The van der Waals surface area contributed by atoms with Gasteiger partial charge in [0.1, 0.15) is 5.69 Å². The zero-order valence-corrected chi connectivity index (χ0v) is 12.8. The van der Waals surface area contributed by atoms with Crippen molar-refractivity contribution in [1.29, 1.82) is 0 Å². The highest BCUT2D eigenvalue weighted by molar-refractivity contribution is 5.93. The lowest BCUT2D eigenvalue weighted by Gasteiger charge is -2.40. The van der Waals surface area contributed by atoms with Crippen LogP contribution in [0.1, 0.15) is 34.2 Å². The maximum atomic E-state index is 12.6. The summed E-state index contributed by atoms with van der Waals surface area (Å²) >= 11 is 0. The summed E-state index contributed by atoms with van der Waals surface area (Å²) in [5.41, 5.74) is 0.168. The minimum atomic E-state index is -2.39. The van der Waals surface area contributed by atoms with Crippen molar-refractivity contribution in [3.8, 4) is 0 Å². The summed E-state index contributed by atoms with van der Waals surface area (Å²) in [6.45, 7) is 2.72. The maximum absolute atomic E-state index is 12.6. The highest BCUT2D eigenvalue weighted by Gasteiger charge is 2.30. The van der Waals surface area contributed by atoms with Gasteiger partial charge in [-0.2, -0.15) is 0 Å². The van der Waals surface area contributed by atoms with Crippen LogP contribution in [0.3, 0.4) is 0 Å². The molecule has 1 saturated heterocycles. The second-order valence-electron chi connectivity index (χ2n) is 5.44. The minimum Gasteiger partial charge on any atom is -0.478 e. The first-order valence-corrected chi connectivity index (χ1v) is 7.43. The summed E-state index contributed by atoms with van der Waals surface area (Å²) in [6.07, 6.45) is -0.585. The van der Waals surface area contributed by atoms with E-state index in [9.17, 15) is 18.4 Å². The van der Waals surface area contributed by atoms with Gasteiger partial charge in [-0.15, -0.1) is 0 Å². The Kier molecular flexibility index (Phi) is 5.59. The third kappa shape index (κ3) is 4.22. The fourth-order valence-corrected chi connectivity index (χ4v) is 2.69. The van der Waals surface area contributed by atoms with E-state index < -0.39 is 12.4 Å². The number of alkyl halides is 2. The molecule has 1 aromatic heterocycles. The van der Waals surface area contributed by atoms with E-state index in [0.29, 0.717) is 26.1 Å². The summed E-state index contributed by atoms with van der Waals surface area (Å²) in [7, 11) is 0. The van der Waals surface area contributed by atoms with Crippen molar-refractivity contribution in [1.82, 2.24) is 14.8 Å². The molecule has 1 unspecified atom stereocenters. The molecular formula is C15H19F2N3O3. The molecule has 0 spiro atoms. The number of carboxylic acid groups (broad SMARTS) is 1. The van der Waals surface area contributed by atoms with Gasteiger partial charge in [-0.05, 0) is 18.6 Å². The first-order chi connectivity index (χ1) is 10.9. The Balaban J connectivity index is 2.04. The average molecular weight is 327 g/mol. The molecule has 1 amide bonds. The molecular weight excluding hydrogens is 308 g/mol. The predicted molar refractivity (Wildman–Crippen MR) is 78.8 cm³/mol. The Bertz CT molecular complexity index is 566. The van der Waals surface area contributed by atoms with Gasteiger partial charge in [-0.1, -0.05) is 6.92 Å². The Morgan fingerprint density at radius 2 is 2.13 bits per heavy atom. The number of halogens is 2. The number of carboxylic acids is 1. The molecule has 1 atom stereocenters. The van der Waals surface area contributed by atoms with Crippen molar-refractivity contribution in [2.75, 3.05) is 26.2 Å². The number of amides is 1. The number of nitrogens with zero attached hydrogens (tertiary/aromatic N) is 3. The number of aromatic carboxylic acids is 1. The molecule has 1 aliphatic heterocycles. The van der Waals surface area contributed by atoms with E-state index in [2.05, 4.69) is 4.98 Å². The first-order valence-electron chi connectivity index (χ1n) is 7.43. The number of pyridine rings is 1. The molecule has 0 saturated carbocycles. The van der Waals surface area contributed by atoms with Gasteiger partial charge in [0.15, 0.2) is 0 Å². The standard InChI is InChI=1S/C15H19F2N3O3/c1-2-11-8-20(6-5-19(11)9-13(16)17)14(21)12-4-3-10(7-18-12)15(22)23/h3-4,7,11,13H,2,5-6,8-9H2,1H3,(H,22,23). The summed E-state index contributed by atoms with van der Waals surface area (Å²) in [6, 6.07) is 2.59. The predicted octanol–water partition coefficient (Wildman–Crippen LogP) is 1.58. The van der Waals surface area contributed by atoms with Crippen molar-refractivity contribution in [3.63, 3.8) is 0 Å². The van der Waals surface area contributed by atoms with Gasteiger partial charge in [0, 0.05) is 31.9 Å². The van der Waals surface area contributed by atoms with E-state index in [1.807, 2.05) is 6.92 Å². The highest BCUT2D eigenvalue weighted by Crippen LogP contribution is 2.16. The number of hydrogen-bond acceptors (Lipinski definition) is 4.